The molecule has 2 amide bonds. The molecule has 0 aliphatic carbocycles. The molecule has 7 nitrogen and oxygen atoms in total. The van der Waals surface area contributed by atoms with Gasteiger partial charge in [-0.1, -0.05) is 42.1 Å². The van der Waals surface area contributed by atoms with Crippen molar-refractivity contribution in [1.82, 2.24) is 5.32 Å². The largest absolute Gasteiger partial charge is 0.468 e. The molecule has 4 rings (SSSR count). The first-order chi connectivity index (χ1) is 17.4. The molecular formula is C28H26N4O3S. The number of dihydropyridines is 1. The smallest absolute Gasteiger partial charge is 0.254 e. The van der Waals surface area contributed by atoms with Crippen molar-refractivity contribution in [3.63, 3.8) is 0 Å². The number of benzene rings is 2. The van der Waals surface area contributed by atoms with Gasteiger partial charge in [0, 0.05) is 17.1 Å². The molecule has 0 radical (unpaired) electrons. The van der Waals surface area contributed by atoms with E-state index in [1.807, 2.05) is 50.2 Å². The number of amides is 2. The number of carbonyl (C=O) groups excluding carboxylic acids is 2. The number of nitrogens with zero attached hydrogens (tertiary/aromatic N) is 1. The number of thioether (sulfide) groups is 1. The summed E-state index contributed by atoms with van der Waals surface area (Å²) in [6.07, 6.45) is 1.51. The zero-order valence-electron chi connectivity index (χ0n) is 20.2. The van der Waals surface area contributed by atoms with Crippen LogP contribution < -0.4 is 16.0 Å². The number of allylic oxidation sites excluding steroid dienone is 2. The average Bonchev–Trinajstić information content (AvgIpc) is 3.40. The van der Waals surface area contributed by atoms with Gasteiger partial charge in [-0.05, 0) is 62.2 Å². The number of anilines is 2. The topological polar surface area (TPSA) is 107 Å². The molecule has 36 heavy (non-hydrogen) atoms. The van der Waals surface area contributed by atoms with Crippen molar-refractivity contribution in [3.8, 4) is 6.07 Å². The summed E-state index contributed by atoms with van der Waals surface area (Å²) in [7, 11) is 0. The normalized spacial score (nSPS) is 15.2. The molecule has 1 atom stereocenters. The Hall–Kier alpha value is -4.22. The van der Waals surface area contributed by atoms with E-state index in [0.717, 1.165) is 16.8 Å². The van der Waals surface area contributed by atoms with Gasteiger partial charge in [-0.25, -0.2) is 0 Å². The zero-order chi connectivity index (χ0) is 25.7. The van der Waals surface area contributed by atoms with Gasteiger partial charge in [-0.2, -0.15) is 5.26 Å². The summed E-state index contributed by atoms with van der Waals surface area (Å²) in [5, 5.41) is 19.7. The Kier molecular flexibility index (Phi) is 7.62. The first-order valence-electron chi connectivity index (χ1n) is 11.4. The molecule has 0 spiro atoms. The summed E-state index contributed by atoms with van der Waals surface area (Å²) in [5.74, 6) is -0.672. The first kappa shape index (κ1) is 24.9. The number of para-hydroxylation sites is 1. The van der Waals surface area contributed by atoms with Crippen LogP contribution in [0.15, 0.2) is 93.2 Å². The van der Waals surface area contributed by atoms with Crippen molar-refractivity contribution in [2.45, 2.75) is 26.7 Å². The van der Waals surface area contributed by atoms with Gasteiger partial charge in [0.2, 0.25) is 5.91 Å². The van der Waals surface area contributed by atoms with Crippen LogP contribution in [0.3, 0.4) is 0 Å². The summed E-state index contributed by atoms with van der Waals surface area (Å²) in [6, 6.07) is 20.6. The minimum atomic E-state index is -0.709. The number of carbonyl (C=O) groups is 2. The lowest BCUT2D eigenvalue weighted by Gasteiger charge is -2.28. The van der Waals surface area contributed by atoms with Crippen molar-refractivity contribution in [1.29, 1.82) is 5.26 Å². The predicted molar refractivity (Wildman–Crippen MR) is 142 cm³/mol. The molecule has 0 saturated carbocycles. The number of hydrogen-bond acceptors (Lipinski definition) is 6. The molecule has 3 N–H and O–H groups in total. The van der Waals surface area contributed by atoms with Crippen LogP contribution >= 0.6 is 11.8 Å². The standard InChI is InChI=1S/C28H26N4O3S/c1-17-9-7-12-22(18(17)2)32-24(33)16-36-28-21(15-29)26(23-13-8-14-35-23)25(19(3)30-28)27(34)31-20-10-5-4-6-11-20/h4-14,26,30H,16H2,1-3H3,(H,31,34)(H,32,33)/t26-/m0/s1. The highest BCUT2D eigenvalue weighted by Gasteiger charge is 2.36. The predicted octanol–water partition coefficient (Wildman–Crippen LogP) is 5.60. The summed E-state index contributed by atoms with van der Waals surface area (Å²) >= 11 is 1.22. The van der Waals surface area contributed by atoms with E-state index in [1.165, 1.54) is 18.0 Å². The fraction of sp³-hybridized carbons (Fsp3) is 0.179. The number of nitrogens with one attached hydrogen (secondary N) is 3. The third-order valence-corrected chi connectivity index (χ3v) is 6.99. The van der Waals surface area contributed by atoms with Gasteiger partial charge in [-0.3, -0.25) is 9.59 Å². The summed E-state index contributed by atoms with van der Waals surface area (Å²) in [4.78, 5) is 26.0. The Morgan fingerprint density at radius 2 is 1.81 bits per heavy atom. The third-order valence-electron chi connectivity index (χ3n) is 5.98. The summed E-state index contributed by atoms with van der Waals surface area (Å²) in [5.41, 5.74) is 4.79. The van der Waals surface area contributed by atoms with E-state index in [2.05, 4.69) is 22.0 Å². The fourth-order valence-electron chi connectivity index (χ4n) is 4.00. The average molecular weight is 499 g/mol. The van der Waals surface area contributed by atoms with Gasteiger partial charge < -0.3 is 20.4 Å². The lowest BCUT2D eigenvalue weighted by atomic mass is 9.85. The molecule has 0 fully saturated rings. The van der Waals surface area contributed by atoms with Crippen molar-refractivity contribution >= 4 is 35.0 Å². The van der Waals surface area contributed by atoms with E-state index in [-0.39, 0.29) is 17.6 Å². The van der Waals surface area contributed by atoms with Gasteiger partial charge in [-0.15, -0.1) is 0 Å². The molecule has 1 aromatic heterocycles. The lowest BCUT2D eigenvalue weighted by molar-refractivity contribution is -0.114. The Bertz CT molecular complexity index is 1390. The first-order valence-corrected chi connectivity index (χ1v) is 12.4. The van der Waals surface area contributed by atoms with E-state index < -0.39 is 5.92 Å². The highest BCUT2D eigenvalue weighted by atomic mass is 32.2. The molecule has 182 valence electrons. The second kappa shape index (κ2) is 11.0. The second-order valence-electron chi connectivity index (χ2n) is 8.37. The molecule has 0 unspecified atom stereocenters. The molecule has 1 aliphatic heterocycles. The maximum atomic E-state index is 13.3. The van der Waals surface area contributed by atoms with Crippen molar-refractivity contribution < 1.29 is 14.0 Å². The maximum Gasteiger partial charge on any atom is 0.254 e. The second-order valence-corrected chi connectivity index (χ2v) is 9.36. The molecule has 0 bridgehead atoms. The van der Waals surface area contributed by atoms with Crippen LogP contribution in [-0.4, -0.2) is 17.6 Å². The minimum absolute atomic E-state index is 0.0879. The van der Waals surface area contributed by atoms with Gasteiger partial charge in [0.1, 0.15) is 5.76 Å². The Balaban J connectivity index is 1.58. The molecule has 2 aromatic carbocycles. The molecule has 0 saturated heterocycles. The van der Waals surface area contributed by atoms with Gasteiger partial charge in [0.25, 0.3) is 5.91 Å². The Morgan fingerprint density at radius 1 is 1.03 bits per heavy atom. The monoisotopic (exact) mass is 498 g/mol. The van der Waals surface area contributed by atoms with E-state index in [9.17, 15) is 14.9 Å². The van der Waals surface area contributed by atoms with Gasteiger partial charge in [0.05, 0.1) is 40.2 Å². The van der Waals surface area contributed by atoms with Crippen molar-refractivity contribution in [2.24, 2.45) is 0 Å². The summed E-state index contributed by atoms with van der Waals surface area (Å²) < 4.78 is 5.65. The fourth-order valence-corrected chi connectivity index (χ4v) is 4.89. The number of hydrogen-bond donors (Lipinski definition) is 3. The van der Waals surface area contributed by atoms with E-state index in [0.29, 0.717) is 33.3 Å². The molecular weight excluding hydrogens is 472 g/mol. The summed E-state index contributed by atoms with van der Waals surface area (Å²) in [6.45, 7) is 5.73. The van der Waals surface area contributed by atoms with Crippen LogP contribution in [0.5, 0.6) is 0 Å². The van der Waals surface area contributed by atoms with E-state index in [4.69, 9.17) is 4.42 Å². The molecule has 3 aromatic rings. The maximum absolute atomic E-state index is 13.3. The SMILES string of the molecule is CC1=C(C(=O)Nc2ccccc2)[C@H](c2ccco2)C(C#N)=C(SCC(=O)Nc2cccc(C)c2C)N1. The zero-order valence-corrected chi connectivity index (χ0v) is 21.0. The lowest BCUT2D eigenvalue weighted by Crippen LogP contribution is -2.31. The van der Waals surface area contributed by atoms with Gasteiger partial charge >= 0.3 is 0 Å². The van der Waals surface area contributed by atoms with Crippen molar-refractivity contribution in [3.05, 3.63) is 106 Å². The van der Waals surface area contributed by atoms with Crippen LogP contribution in [-0.2, 0) is 9.59 Å². The van der Waals surface area contributed by atoms with E-state index >= 15 is 0 Å². The quantitative estimate of drug-likeness (QED) is 0.391. The molecule has 8 heteroatoms. The van der Waals surface area contributed by atoms with Crippen molar-refractivity contribution in [2.75, 3.05) is 16.4 Å². The highest BCUT2D eigenvalue weighted by molar-refractivity contribution is 8.03. The number of furan rings is 1. The number of aryl methyl sites for hydroxylation is 1. The van der Waals surface area contributed by atoms with Crippen LogP contribution in [0.4, 0.5) is 11.4 Å². The number of nitriles is 1. The third kappa shape index (κ3) is 5.37. The van der Waals surface area contributed by atoms with Crippen LogP contribution in [0, 0.1) is 25.2 Å². The highest BCUT2D eigenvalue weighted by Crippen LogP contribution is 2.41. The minimum Gasteiger partial charge on any atom is -0.468 e. The Morgan fingerprint density at radius 3 is 2.50 bits per heavy atom. The molecule has 1 aliphatic rings. The number of rotatable bonds is 7. The van der Waals surface area contributed by atoms with Crippen LogP contribution in [0.2, 0.25) is 0 Å². The molecule has 2 heterocycles. The van der Waals surface area contributed by atoms with Crippen LogP contribution in [0.1, 0.15) is 29.7 Å². The van der Waals surface area contributed by atoms with E-state index in [1.54, 1.807) is 31.2 Å². The Labute approximate surface area is 214 Å². The van der Waals surface area contributed by atoms with Crippen LogP contribution in [0.25, 0.3) is 0 Å². The van der Waals surface area contributed by atoms with Gasteiger partial charge in [0.15, 0.2) is 0 Å².